The molecule has 0 saturated carbocycles. The SMILES string of the molecule is CCc1c(-c2ncnn2C)c(Br)n(C)c1C(=O)OC. The zero-order valence-corrected chi connectivity index (χ0v) is 12.9. The molecule has 0 N–H and O–H groups in total. The van der Waals surface area contributed by atoms with Crippen molar-refractivity contribution < 1.29 is 9.53 Å². The molecule has 0 atom stereocenters. The van der Waals surface area contributed by atoms with Crippen LogP contribution < -0.4 is 0 Å². The highest BCUT2D eigenvalue weighted by atomic mass is 79.9. The third kappa shape index (κ3) is 2.07. The van der Waals surface area contributed by atoms with E-state index in [9.17, 15) is 4.79 Å². The van der Waals surface area contributed by atoms with E-state index in [1.54, 1.807) is 9.25 Å². The van der Waals surface area contributed by atoms with Crippen LogP contribution in [-0.4, -0.2) is 32.4 Å². The van der Waals surface area contributed by atoms with E-state index >= 15 is 0 Å². The van der Waals surface area contributed by atoms with Crippen LogP contribution in [0, 0.1) is 0 Å². The second-order valence-corrected chi connectivity index (χ2v) is 4.86. The van der Waals surface area contributed by atoms with Crippen LogP contribution in [0.4, 0.5) is 0 Å². The van der Waals surface area contributed by atoms with Crippen molar-refractivity contribution in [1.29, 1.82) is 0 Å². The van der Waals surface area contributed by atoms with Crippen LogP contribution in [0.2, 0.25) is 0 Å². The summed E-state index contributed by atoms with van der Waals surface area (Å²) in [7, 11) is 5.01. The number of nitrogens with zero attached hydrogens (tertiary/aromatic N) is 4. The maximum Gasteiger partial charge on any atom is 0.355 e. The number of halogens is 1. The van der Waals surface area contributed by atoms with Crippen molar-refractivity contribution >= 4 is 21.9 Å². The topological polar surface area (TPSA) is 61.9 Å². The van der Waals surface area contributed by atoms with Gasteiger partial charge in [-0.1, -0.05) is 6.92 Å². The van der Waals surface area contributed by atoms with Gasteiger partial charge in [0.2, 0.25) is 0 Å². The van der Waals surface area contributed by atoms with Gasteiger partial charge >= 0.3 is 5.97 Å². The zero-order chi connectivity index (χ0) is 14.2. The summed E-state index contributed by atoms with van der Waals surface area (Å²) in [5.74, 6) is 0.364. The highest BCUT2D eigenvalue weighted by Gasteiger charge is 2.26. The number of aromatic nitrogens is 4. The molecule has 102 valence electrons. The van der Waals surface area contributed by atoms with Gasteiger partial charge in [-0.05, 0) is 27.9 Å². The van der Waals surface area contributed by atoms with Gasteiger partial charge in [0.25, 0.3) is 0 Å². The molecular weight excluding hydrogens is 312 g/mol. The first-order chi connectivity index (χ1) is 9.02. The van der Waals surface area contributed by atoms with E-state index in [1.165, 1.54) is 13.4 Å². The first-order valence-electron chi connectivity index (χ1n) is 5.82. The van der Waals surface area contributed by atoms with E-state index in [1.807, 2.05) is 21.0 Å². The predicted octanol–water partition coefficient (Wildman–Crippen LogP) is 1.93. The lowest BCUT2D eigenvalue weighted by Gasteiger charge is -2.04. The smallest absolute Gasteiger partial charge is 0.355 e. The summed E-state index contributed by atoms with van der Waals surface area (Å²) in [5.41, 5.74) is 2.32. The minimum Gasteiger partial charge on any atom is -0.464 e. The molecule has 0 spiro atoms. The Labute approximate surface area is 119 Å². The number of hydrogen-bond acceptors (Lipinski definition) is 4. The molecule has 6 nitrogen and oxygen atoms in total. The van der Waals surface area contributed by atoms with Gasteiger partial charge < -0.3 is 9.30 Å². The standard InChI is InChI=1S/C12H15BrN4O2/c1-5-7-8(11-14-6-15-17(11)3)10(13)16(2)9(7)12(18)19-4/h6H,5H2,1-4H3. The number of hydrogen-bond donors (Lipinski definition) is 0. The van der Waals surface area contributed by atoms with E-state index < -0.39 is 0 Å². The van der Waals surface area contributed by atoms with E-state index in [0.29, 0.717) is 12.1 Å². The second kappa shape index (κ2) is 5.16. The number of carbonyl (C=O) groups is 1. The Morgan fingerprint density at radius 2 is 2.16 bits per heavy atom. The average Bonchev–Trinajstić information content (AvgIpc) is 2.92. The molecular formula is C12H15BrN4O2. The van der Waals surface area contributed by atoms with Crippen LogP contribution in [0.5, 0.6) is 0 Å². The zero-order valence-electron chi connectivity index (χ0n) is 11.3. The van der Waals surface area contributed by atoms with Crippen molar-refractivity contribution in [2.75, 3.05) is 7.11 Å². The van der Waals surface area contributed by atoms with Crippen LogP contribution in [0.3, 0.4) is 0 Å². The fraction of sp³-hybridized carbons (Fsp3) is 0.417. The van der Waals surface area contributed by atoms with Crippen molar-refractivity contribution in [2.45, 2.75) is 13.3 Å². The normalized spacial score (nSPS) is 10.8. The molecule has 2 rings (SSSR count). The number of esters is 1. The predicted molar refractivity (Wildman–Crippen MR) is 73.8 cm³/mol. The Kier molecular flexibility index (Phi) is 3.75. The molecule has 0 fully saturated rings. The Balaban J connectivity index is 2.76. The molecule has 2 aromatic rings. The van der Waals surface area contributed by atoms with Gasteiger partial charge in [0.1, 0.15) is 12.0 Å². The quantitative estimate of drug-likeness (QED) is 0.808. The summed E-state index contributed by atoms with van der Waals surface area (Å²) in [5, 5.41) is 4.07. The van der Waals surface area contributed by atoms with Crippen molar-refractivity contribution in [2.24, 2.45) is 14.1 Å². The van der Waals surface area contributed by atoms with E-state index in [-0.39, 0.29) is 5.97 Å². The number of aryl methyl sites for hydroxylation is 1. The van der Waals surface area contributed by atoms with Crippen molar-refractivity contribution in [3.05, 3.63) is 22.2 Å². The van der Waals surface area contributed by atoms with Gasteiger partial charge in [-0.2, -0.15) is 5.10 Å². The molecule has 0 saturated heterocycles. The molecule has 0 bridgehead atoms. The van der Waals surface area contributed by atoms with Crippen LogP contribution in [0.15, 0.2) is 10.9 Å². The summed E-state index contributed by atoms with van der Waals surface area (Å²) >= 11 is 3.52. The van der Waals surface area contributed by atoms with E-state index in [2.05, 4.69) is 26.0 Å². The fourth-order valence-corrected chi connectivity index (χ4v) is 2.76. The molecule has 7 heteroatoms. The van der Waals surface area contributed by atoms with Gasteiger partial charge in [0.05, 0.1) is 17.3 Å². The number of methoxy groups -OCH3 is 1. The molecule has 0 aliphatic heterocycles. The molecule has 2 aromatic heterocycles. The number of carbonyl (C=O) groups excluding carboxylic acids is 1. The van der Waals surface area contributed by atoms with Crippen molar-refractivity contribution in [1.82, 2.24) is 19.3 Å². The highest BCUT2D eigenvalue weighted by molar-refractivity contribution is 9.10. The first kappa shape index (κ1) is 13.8. The van der Waals surface area contributed by atoms with Gasteiger partial charge in [-0.3, -0.25) is 0 Å². The fourth-order valence-electron chi connectivity index (χ4n) is 2.16. The molecule has 0 aliphatic carbocycles. The molecule has 19 heavy (non-hydrogen) atoms. The van der Waals surface area contributed by atoms with E-state index in [0.717, 1.165) is 21.6 Å². The lowest BCUT2D eigenvalue weighted by atomic mass is 10.1. The van der Waals surface area contributed by atoms with Gasteiger partial charge in [-0.15, -0.1) is 0 Å². The van der Waals surface area contributed by atoms with Crippen LogP contribution in [0.1, 0.15) is 23.0 Å². The molecule has 0 unspecified atom stereocenters. The van der Waals surface area contributed by atoms with Crippen LogP contribution in [0.25, 0.3) is 11.4 Å². The Hall–Kier alpha value is -1.63. The summed E-state index contributed by atoms with van der Waals surface area (Å²) in [6, 6.07) is 0. The molecule has 0 aliphatic rings. The van der Waals surface area contributed by atoms with E-state index in [4.69, 9.17) is 4.74 Å². The molecule has 0 radical (unpaired) electrons. The Bertz CT molecular complexity index is 630. The first-order valence-corrected chi connectivity index (χ1v) is 6.61. The van der Waals surface area contributed by atoms with Gasteiger partial charge in [-0.25, -0.2) is 14.5 Å². The van der Waals surface area contributed by atoms with Crippen LogP contribution in [-0.2, 0) is 25.3 Å². The lowest BCUT2D eigenvalue weighted by Crippen LogP contribution is -2.10. The summed E-state index contributed by atoms with van der Waals surface area (Å²) in [4.78, 5) is 16.2. The number of rotatable bonds is 3. The van der Waals surface area contributed by atoms with Gasteiger partial charge in [0.15, 0.2) is 5.82 Å². The monoisotopic (exact) mass is 326 g/mol. The second-order valence-electron chi connectivity index (χ2n) is 4.10. The third-order valence-electron chi connectivity index (χ3n) is 3.09. The van der Waals surface area contributed by atoms with Gasteiger partial charge in [0, 0.05) is 14.1 Å². The average molecular weight is 327 g/mol. The Morgan fingerprint density at radius 1 is 1.47 bits per heavy atom. The third-order valence-corrected chi connectivity index (χ3v) is 4.02. The molecule has 0 aromatic carbocycles. The van der Waals surface area contributed by atoms with Crippen LogP contribution >= 0.6 is 15.9 Å². The Morgan fingerprint density at radius 3 is 2.63 bits per heavy atom. The molecule has 0 amide bonds. The minimum absolute atomic E-state index is 0.353. The summed E-state index contributed by atoms with van der Waals surface area (Å²) < 4.78 is 9.10. The molecule has 2 heterocycles. The van der Waals surface area contributed by atoms with Crippen molar-refractivity contribution in [3.8, 4) is 11.4 Å². The largest absolute Gasteiger partial charge is 0.464 e. The highest BCUT2D eigenvalue weighted by Crippen LogP contribution is 2.35. The maximum absolute atomic E-state index is 11.9. The summed E-state index contributed by atoms with van der Waals surface area (Å²) in [6.07, 6.45) is 2.19. The van der Waals surface area contributed by atoms with Crippen molar-refractivity contribution in [3.63, 3.8) is 0 Å². The minimum atomic E-state index is -0.353. The number of ether oxygens (including phenoxy) is 1. The summed E-state index contributed by atoms with van der Waals surface area (Å²) in [6.45, 7) is 1.99. The maximum atomic E-state index is 11.9. The lowest BCUT2D eigenvalue weighted by molar-refractivity contribution is 0.0588.